The van der Waals surface area contributed by atoms with Gasteiger partial charge in [-0.25, -0.2) is 0 Å². The molecule has 70 valence electrons. The van der Waals surface area contributed by atoms with Crippen molar-refractivity contribution in [3.63, 3.8) is 0 Å². The molecule has 2 rings (SSSR count). The predicted octanol–water partition coefficient (Wildman–Crippen LogP) is 2.43. The van der Waals surface area contributed by atoms with Crippen molar-refractivity contribution in [2.45, 2.75) is 19.4 Å². The van der Waals surface area contributed by atoms with Crippen LogP contribution in [0.25, 0.3) is 0 Å². The lowest BCUT2D eigenvalue weighted by atomic mass is 9.99. The summed E-state index contributed by atoms with van der Waals surface area (Å²) in [4.78, 5) is 0. The van der Waals surface area contributed by atoms with E-state index < -0.39 is 0 Å². The second-order valence-electron chi connectivity index (χ2n) is 3.35. The highest BCUT2D eigenvalue weighted by molar-refractivity contribution is 6.32. The van der Waals surface area contributed by atoms with Crippen LogP contribution in [0.15, 0.2) is 12.1 Å². The average Bonchev–Trinajstić information content (AvgIpc) is 2.12. The number of hydrogen-bond acceptors (Lipinski definition) is 2. The molecule has 0 aliphatic carbocycles. The number of hydrogen-bond donors (Lipinski definition) is 1. The van der Waals surface area contributed by atoms with Gasteiger partial charge in [0, 0.05) is 18.0 Å². The first-order valence-corrected chi connectivity index (χ1v) is 4.75. The van der Waals surface area contributed by atoms with Gasteiger partial charge in [0.25, 0.3) is 0 Å². The molecular formula is C10H12ClNO. The Bertz CT molecular complexity index is 338. The van der Waals surface area contributed by atoms with Gasteiger partial charge in [0.05, 0.1) is 11.6 Å². The number of nitrogens with two attached hydrogens (primary N) is 1. The minimum absolute atomic E-state index is 0.0242. The number of benzene rings is 1. The molecule has 1 atom stereocenters. The molecule has 0 aromatic heterocycles. The maximum absolute atomic E-state index is 6.15. The molecule has 0 saturated carbocycles. The van der Waals surface area contributed by atoms with Crippen LogP contribution in [0.5, 0.6) is 5.75 Å². The second kappa shape index (κ2) is 3.20. The summed E-state index contributed by atoms with van der Waals surface area (Å²) < 4.78 is 5.47. The van der Waals surface area contributed by atoms with Gasteiger partial charge in [-0.15, -0.1) is 0 Å². The van der Waals surface area contributed by atoms with Crippen LogP contribution in [0.1, 0.15) is 23.6 Å². The molecule has 0 spiro atoms. The summed E-state index contributed by atoms with van der Waals surface area (Å²) >= 11 is 6.15. The van der Waals surface area contributed by atoms with E-state index in [0.29, 0.717) is 6.61 Å². The van der Waals surface area contributed by atoms with E-state index in [0.717, 1.165) is 28.3 Å². The van der Waals surface area contributed by atoms with Crippen LogP contribution < -0.4 is 10.5 Å². The van der Waals surface area contributed by atoms with Gasteiger partial charge in [-0.1, -0.05) is 17.7 Å². The lowest BCUT2D eigenvalue weighted by Crippen LogP contribution is -2.21. The van der Waals surface area contributed by atoms with E-state index >= 15 is 0 Å². The summed E-state index contributed by atoms with van der Waals surface area (Å²) in [5.74, 6) is 0.842. The number of halogens is 1. The highest BCUT2D eigenvalue weighted by Gasteiger charge is 2.21. The Labute approximate surface area is 82.6 Å². The molecule has 0 amide bonds. The summed E-state index contributed by atoms with van der Waals surface area (Å²) in [7, 11) is 0. The van der Waals surface area contributed by atoms with Crippen molar-refractivity contribution >= 4 is 11.6 Å². The molecule has 0 bridgehead atoms. The van der Waals surface area contributed by atoms with Gasteiger partial charge in [-0.05, 0) is 18.6 Å². The fourth-order valence-corrected chi connectivity index (χ4v) is 1.89. The van der Waals surface area contributed by atoms with Gasteiger partial charge < -0.3 is 10.5 Å². The molecule has 3 heteroatoms. The summed E-state index contributed by atoms with van der Waals surface area (Å²) in [6.45, 7) is 2.66. The normalized spacial score (nSPS) is 20.7. The summed E-state index contributed by atoms with van der Waals surface area (Å²) in [6, 6.07) is 3.92. The van der Waals surface area contributed by atoms with Crippen LogP contribution in [-0.4, -0.2) is 6.61 Å². The summed E-state index contributed by atoms with van der Waals surface area (Å²) in [6.07, 6.45) is 0.843. The van der Waals surface area contributed by atoms with Crippen LogP contribution in [0, 0.1) is 6.92 Å². The largest absolute Gasteiger partial charge is 0.493 e. The first kappa shape index (κ1) is 8.85. The van der Waals surface area contributed by atoms with Crippen molar-refractivity contribution in [3.8, 4) is 5.75 Å². The molecule has 2 N–H and O–H groups in total. The van der Waals surface area contributed by atoms with Crippen molar-refractivity contribution in [1.29, 1.82) is 0 Å². The van der Waals surface area contributed by atoms with Gasteiger partial charge in [0.15, 0.2) is 0 Å². The number of ether oxygens (including phenoxy) is 1. The summed E-state index contributed by atoms with van der Waals surface area (Å²) in [5.41, 5.74) is 7.97. The van der Waals surface area contributed by atoms with E-state index in [1.807, 2.05) is 19.1 Å². The SMILES string of the molecule is Cc1ccc2c(c1Cl)[C@@H](N)CCO2. The first-order valence-electron chi connectivity index (χ1n) is 4.37. The smallest absolute Gasteiger partial charge is 0.125 e. The third kappa shape index (κ3) is 1.40. The molecule has 1 aromatic carbocycles. The predicted molar refractivity (Wildman–Crippen MR) is 53.2 cm³/mol. The zero-order valence-corrected chi connectivity index (χ0v) is 8.27. The molecule has 1 aliphatic rings. The Balaban J connectivity index is 2.58. The van der Waals surface area contributed by atoms with Crippen LogP contribution in [0.2, 0.25) is 5.02 Å². The fraction of sp³-hybridized carbons (Fsp3) is 0.400. The zero-order valence-electron chi connectivity index (χ0n) is 7.51. The van der Waals surface area contributed by atoms with Gasteiger partial charge >= 0.3 is 0 Å². The number of aryl methyl sites for hydroxylation is 1. The van der Waals surface area contributed by atoms with Crippen LogP contribution in [-0.2, 0) is 0 Å². The van der Waals surface area contributed by atoms with Crippen LogP contribution in [0.3, 0.4) is 0 Å². The molecule has 1 heterocycles. The molecule has 1 aliphatic heterocycles. The highest BCUT2D eigenvalue weighted by atomic mass is 35.5. The van der Waals surface area contributed by atoms with Gasteiger partial charge in [0.2, 0.25) is 0 Å². The first-order chi connectivity index (χ1) is 6.20. The molecule has 0 fully saturated rings. The topological polar surface area (TPSA) is 35.2 Å². The molecule has 2 nitrogen and oxygen atoms in total. The Kier molecular flexibility index (Phi) is 2.18. The third-order valence-corrected chi connectivity index (χ3v) is 2.89. The highest BCUT2D eigenvalue weighted by Crippen LogP contribution is 2.37. The van der Waals surface area contributed by atoms with Gasteiger partial charge in [-0.3, -0.25) is 0 Å². The third-order valence-electron chi connectivity index (χ3n) is 2.39. The van der Waals surface area contributed by atoms with Gasteiger partial charge in [0.1, 0.15) is 5.75 Å². The Hall–Kier alpha value is -0.730. The standard InChI is InChI=1S/C10H12ClNO/c1-6-2-3-8-9(10(6)11)7(12)4-5-13-8/h2-3,7H,4-5,12H2,1H3/t7-/m0/s1. The van der Waals surface area contributed by atoms with E-state index in [1.165, 1.54) is 0 Å². The van der Waals surface area contributed by atoms with Crippen molar-refractivity contribution in [1.82, 2.24) is 0 Å². The molecule has 13 heavy (non-hydrogen) atoms. The van der Waals surface area contributed by atoms with E-state index in [4.69, 9.17) is 22.1 Å². The Morgan fingerprint density at radius 1 is 1.54 bits per heavy atom. The van der Waals surface area contributed by atoms with E-state index in [1.54, 1.807) is 0 Å². The van der Waals surface area contributed by atoms with Crippen LogP contribution in [0.4, 0.5) is 0 Å². The van der Waals surface area contributed by atoms with E-state index in [-0.39, 0.29) is 6.04 Å². The summed E-state index contributed by atoms with van der Waals surface area (Å²) in [5, 5.41) is 0.754. The maximum Gasteiger partial charge on any atom is 0.125 e. The minimum Gasteiger partial charge on any atom is -0.493 e. The number of fused-ring (bicyclic) bond motifs is 1. The minimum atomic E-state index is 0.0242. The van der Waals surface area contributed by atoms with Crippen molar-refractivity contribution in [2.75, 3.05) is 6.61 Å². The molecule has 1 aromatic rings. The Morgan fingerprint density at radius 2 is 2.31 bits per heavy atom. The second-order valence-corrected chi connectivity index (χ2v) is 3.73. The lowest BCUT2D eigenvalue weighted by Gasteiger charge is -2.24. The van der Waals surface area contributed by atoms with E-state index in [9.17, 15) is 0 Å². The van der Waals surface area contributed by atoms with E-state index in [2.05, 4.69) is 0 Å². The maximum atomic E-state index is 6.15. The zero-order chi connectivity index (χ0) is 9.42. The molecule has 0 radical (unpaired) electrons. The molecule has 0 saturated heterocycles. The molecular weight excluding hydrogens is 186 g/mol. The van der Waals surface area contributed by atoms with Crippen molar-refractivity contribution < 1.29 is 4.74 Å². The van der Waals surface area contributed by atoms with Crippen LogP contribution >= 0.6 is 11.6 Å². The monoisotopic (exact) mass is 197 g/mol. The fourth-order valence-electron chi connectivity index (χ4n) is 1.60. The van der Waals surface area contributed by atoms with Gasteiger partial charge in [-0.2, -0.15) is 0 Å². The Morgan fingerprint density at radius 3 is 3.08 bits per heavy atom. The quantitative estimate of drug-likeness (QED) is 0.694. The number of rotatable bonds is 0. The lowest BCUT2D eigenvalue weighted by molar-refractivity contribution is 0.269. The molecule has 0 unspecified atom stereocenters. The van der Waals surface area contributed by atoms with Crippen molar-refractivity contribution in [2.24, 2.45) is 5.73 Å². The van der Waals surface area contributed by atoms with Crippen molar-refractivity contribution in [3.05, 3.63) is 28.3 Å². The average molecular weight is 198 g/mol.